The summed E-state index contributed by atoms with van der Waals surface area (Å²) in [5, 5.41) is 4.54. The Hall–Kier alpha value is -2.21. The van der Waals surface area contributed by atoms with Crippen LogP contribution in [0.2, 0.25) is 5.15 Å². The fourth-order valence-corrected chi connectivity index (χ4v) is 2.12. The summed E-state index contributed by atoms with van der Waals surface area (Å²) in [5.41, 5.74) is 7.36. The lowest BCUT2D eigenvalue weighted by atomic mass is 10.1. The van der Waals surface area contributed by atoms with Crippen molar-refractivity contribution in [1.82, 2.24) is 19.7 Å². The van der Waals surface area contributed by atoms with E-state index in [1.54, 1.807) is 23.0 Å². The first-order valence-electron chi connectivity index (χ1n) is 6.03. The molecule has 20 heavy (non-hydrogen) atoms. The number of allylic oxidation sites excluding steroid dienone is 1. The second kappa shape index (κ2) is 5.83. The van der Waals surface area contributed by atoms with Gasteiger partial charge in [-0.15, -0.1) is 0 Å². The molecule has 0 aromatic carbocycles. The van der Waals surface area contributed by atoms with Gasteiger partial charge in [-0.05, 0) is 18.1 Å². The molecular weight excluding hydrogens is 278 g/mol. The number of rotatable bonds is 4. The van der Waals surface area contributed by atoms with Crippen molar-refractivity contribution >= 4 is 29.9 Å². The number of nitrogens with two attached hydrogens (primary N) is 1. The predicted octanol–water partition coefficient (Wildman–Crippen LogP) is 2.23. The van der Waals surface area contributed by atoms with E-state index in [0.717, 1.165) is 17.5 Å². The van der Waals surface area contributed by atoms with E-state index in [1.807, 2.05) is 13.8 Å². The molecule has 0 saturated carbocycles. The van der Waals surface area contributed by atoms with Crippen LogP contribution >= 0.6 is 11.6 Å². The summed E-state index contributed by atoms with van der Waals surface area (Å²) < 4.78 is 1.65. The molecule has 0 unspecified atom stereocenters. The molecular formula is C13H14ClN5O. The van der Waals surface area contributed by atoms with E-state index in [4.69, 9.17) is 17.3 Å². The fourth-order valence-electron chi connectivity index (χ4n) is 1.93. The Morgan fingerprint density at radius 3 is 2.75 bits per heavy atom. The molecule has 2 aromatic rings. The molecule has 6 nitrogen and oxygen atoms in total. The lowest BCUT2D eigenvalue weighted by Crippen LogP contribution is -2.08. The van der Waals surface area contributed by atoms with Crippen molar-refractivity contribution in [2.75, 3.05) is 5.73 Å². The van der Waals surface area contributed by atoms with Crippen molar-refractivity contribution < 1.29 is 4.79 Å². The molecule has 0 aliphatic carbocycles. The fraction of sp³-hybridized carbons (Fsp3) is 0.231. The maximum absolute atomic E-state index is 10.5. The number of hydrogen-bond donors (Lipinski definition) is 1. The average molecular weight is 292 g/mol. The van der Waals surface area contributed by atoms with Gasteiger partial charge in [-0.25, -0.2) is 9.67 Å². The number of halogens is 1. The average Bonchev–Trinajstić information content (AvgIpc) is 2.79. The molecule has 7 heteroatoms. The Kier molecular flexibility index (Phi) is 4.14. The number of carbonyl (C=O) groups excluding carboxylic acids is 1. The Balaban J connectivity index is 2.59. The molecule has 2 heterocycles. The smallest absolute Gasteiger partial charge is 0.223 e. The summed E-state index contributed by atoms with van der Waals surface area (Å²) in [6.45, 7) is 4.05. The molecule has 0 radical (unpaired) electrons. The Bertz CT molecular complexity index is 643. The highest BCUT2D eigenvalue weighted by Crippen LogP contribution is 2.24. The molecule has 0 amide bonds. The number of aromatic nitrogens is 4. The zero-order valence-electron chi connectivity index (χ0n) is 11.1. The van der Waals surface area contributed by atoms with Crippen LogP contribution in [0.25, 0.3) is 11.9 Å². The predicted molar refractivity (Wildman–Crippen MR) is 77.8 cm³/mol. The van der Waals surface area contributed by atoms with Crippen LogP contribution in [0.3, 0.4) is 0 Å². The largest absolute Gasteiger partial charge is 0.368 e. The number of aldehydes is 1. The second-order valence-electron chi connectivity index (χ2n) is 4.45. The summed E-state index contributed by atoms with van der Waals surface area (Å²) in [7, 11) is 0. The van der Waals surface area contributed by atoms with Crippen LogP contribution in [0.4, 0.5) is 5.95 Å². The highest BCUT2D eigenvalue weighted by atomic mass is 35.5. The minimum Gasteiger partial charge on any atom is -0.368 e. The lowest BCUT2D eigenvalue weighted by molar-refractivity contribution is -0.104. The van der Waals surface area contributed by atoms with E-state index >= 15 is 0 Å². The summed E-state index contributed by atoms with van der Waals surface area (Å²) in [6.07, 6.45) is 5.52. The van der Waals surface area contributed by atoms with E-state index in [1.165, 1.54) is 6.08 Å². The second-order valence-corrected chi connectivity index (χ2v) is 4.84. The van der Waals surface area contributed by atoms with E-state index in [2.05, 4.69) is 15.1 Å². The topological polar surface area (TPSA) is 86.7 Å². The third-order valence-electron chi connectivity index (χ3n) is 2.65. The van der Waals surface area contributed by atoms with Crippen molar-refractivity contribution in [1.29, 1.82) is 0 Å². The van der Waals surface area contributed by atoms with Gasteiger partial charge in [0.15, 0.2) is 5.82 Å². The van der Waals surface area contributed by atoms with Crippen LogP contribution in [-0.4, -0.2) is 26.0 Å². The third-order valence-corrected chi connectivity index (χ3v) is 2.85. The van der Waals surface area contributed by atoms with Crippen LogP contribution < -0.4 is 5.73 Å². The molecule has 0 saturated heterocycles. The van der Waals surface area contributed by atoms with Crippen molar-refractivity contribution in [3.8, 4) is 5.82 Å². The monoisotopic (exact) mass is 291 g/mol. The molecule has 0 bridgehead atoms. The molecule has 0 aliphatic rings. The maximum atomic E-state index is 10.5. The number of nitrogens with zero attached hydrogens (tertiary/aromatic N) is 4. The van der Waals surface area contributed by atoms with Crippen molar-refractivity contribution in [3.63, 3.8) is 0 Å². The summed E-state index contributed by atoms with van der Waals surface area (Å²) in [4.78, 5) is 18.4. The normalized spacial score (nSPS) is 11.4. The zero-order valence-corrected chi connectivity index (χ0v) is 11.9. The van der Waals surface area contributed by atoms with Crippen LogP contribution in [0, 0.1) is 0 Å². The standard InChI is InChI=1S/C13H14ClN5O/c1-8(2)12-9(4-3-5-20)7-16-19(12)11-6-10(14)17-13(15)18-11/h3-8H,1-2H3,(H2,15,17,18)/b4-3+. The molecule has 2 aromatic heterocycles. The molecule has 104 valence electrons. The summed E-state index contributed by atoms with van der Waals surface area (Å²) in [6, 6.07) is 1.59. The van der Waals surface area contributed by atoms with Crippen LogP contribution in [0.5, 0.6) is 0 Å². The first-order chi connectivity index (χ1) is 9.52. The quantitative estimate of drug-likeness (QED) is 0.530. The maximum Gasteiger partial charge on any atom is 0.223 e. The van der Waals surface area contributed by atoms with E-state index in [-0.39, 0.29) is 17.0 Å². The van der Waals surface area contributed by atoms with Crippen LogP contribution in [0.1, 0.15) is 31.0 Å². The highest BCUT2D eigenvalue weighted by molar-refractivity contribution is 6.29. The van der Waals surface area contributed by atoms with Gasteiger partial charge >= 0.3 is 0 Å². The van der Waals surface area contributed by atoms with Gasteiger partial charge < -0.3 is 5.73 Å². The summed E-state index contributed by atoms with van der Waals surface area (Å²) in [5.74, 6) is 0.762. The van der Waals surface area contributed by atoms with Crippen molar-refractivity contribution in [2.24, 2.45) is 0 Å². The molecule has 0 atom stereocenters. The first kappa shape index (κ1) is 14.2. The van der Waals surface area contributed by atoms with E-state index in [9.17, 15) is 4.79 Å². The van der Waals surface area contributed by atoms with E-state index in [0.29, 0.717) is 5.82 Å². The van der Waals surface area contributed by atoms with Gasteiger partial charge in [-0.2, -0.15) is 10.1 Å². The summed E-state index contributed by atoms with van der Waals surface area (Å²) >= 11 is 5.89. The van der Waals surface area contributed by atoms with Gasteiger partial charge in [-0.1, -0.05) is 25.4 Å². The van der Waals surface area contributed by atoms with Gasteiger partial charge in [0.1, 0.15) is 11.4 Å². The minimum atomic E-state index is 0.0858. The molecule has 2 N–H and O–H groups in total. The van der Waals surface area contributed by atoms with Gasteiger partial charge in [-0.3, -0.25) is 4.79 Å². The Morgan fingerprint density at radius 1 is 1.40 bits per heavy atom. The van der Waals surface area contributed by atoms with Gasteiger partial charge in [0.25, 0.3) is 0 Å². The molecule has 0 fully saturated rings. The zero-order chi connectivity index (χ0) is 14.7. The number of carbonyl (C=O) groups is 1. The molecule has 0 spiro atoms. The van der Waals surface area contributed by atoms with Crippen LogP contribution in [-0.2, 0) is 4.79 Å². The van der Waals surface area contributed by atoms with Gasteiger partial charge in [0.2, 0.25) is 5.95 Å². The first-order valence-corrected chi connectivity index (χ1v) is 6.41. The SMILES string of the molecule is CC(C)c1c(/C=C/C=O)cnn1-c1cc(Cl)nc(N)n1. The minimum absolute atomic E-state index is 0.0858. The number of anilines is 1. The Labute approximate surface area is 121 Å². The number of hydrogen-bond acceptors (Lipinski definition) is 5. The molecule has 2 rings (SSSR count). The number of nitrogen functional groups attached to an aromatic ring is 1. The Morgan fingerprint density at radius 2 is 2.15 bits per heavy atom. The van der Waals surface area contributed by atoms with Crippen molar-refractivity contribution in [2.45, 2.75) is 19.8 Å². The highest BCUT2D eigenvalue weighted by Gasteiger charge is 2.15. The van der Waals surface area contributed by atoms with Gasteiger partial charge in [0, 0.05) is 11.6 Å². The lowest BCUT2D eigenvalue weighted by Gasteiger charge is -2.11. The van der Waals surface area contributed by atoms with E-state index < -0.39 is 0 Å². The third kappa shape index (κ3) is 2.85. The van der Waals surface area contributed by atoms with Crippen LogP contribution in [0.15, 0.2) is 18.3 Å². The van der Waals surface area contributed by atoms with Gasteiger partial charge in [0.05, 0.1) is 11.9 Å². The van der Waals surface area contributed by atoms with Crippen molar-refractivity contribution in [3.05, 3.63) is 34.7 Å². The molecule has 0 aliphatic heterocycles.